The van der Waals surface area contributed by atoms with Gasteiger partial charge in [-0.3, -0.25) is 4.79 Å². The largest absolute Gasteiger partial charge is 0.573 e. The first-order valence-electron chi connectivity index (χ1n) is 9.03. The molecule has 0 saturated heterocycles. The minimum Gasteiger partial charge on any atom is -0.497 e. The zero-order valence-corrected chi connectivity index (χ0v) is 16.9. The normalized spacial score (nSPS) is 11.5. The summed E-state index contributed by atoms with van der Waals surface area (Å²) in [4.78, 5) is 14.8. The van der Waals surface area contributed by atoms with E-state index in [0.29, 0.717) is 22.7 Å². The number of hydrogen-bond acceptors (Lipinski definition) is 6. The lowest BCUT2D eigenvalue weighted by molar-refractivity contribution is -0.274. The molecule has 0 saturated carbocycles. The van der Waals surface area contributed by atoms with Crippen LogP contribution in [0.5, 0.6) is 11.5 Å². The van der Waals surface area contributed by atoms with Crippen LogP contribution in [0.3, 0.4) is 0 Å². The highest BCUT2D eigenvalue weighted by Crippen LogP contribution is 2.25. The summed E-state index contributed by atoms with van der Waals surface area (Å²) in [5, 5.41) is 8.06. The first kappa shape index (κ1) is 21.9. The summed E-state index contributed by atoms with van der Waals surface area (Å²) >= 11 is 0. The van der Waals surface area contributed by atoms with Gasteiger partial charge in [0.2, 0.25) is 5.78 Å². The Kier molecular flexibility index (Phi) is 6.28. The fourth-order valence-electron chi connectivity index (χ4n) is 2.68. The van der Waals surface area contributed by atoms with E-state index in [0.717, 1.165) is 12.1 Å². The molecule has 0 fully saturated rings. The molecule has 0 N–H and O–H groups in total. The fourth-order valence-corrected chi connectivity index (χ4v) is 2.68. The van der Waals surface area contributed by atoms with Crippen LogP contribution in [0.1, 0.15) is 21.7 Å². The van der Waals surface area contributed by atoms with E-state index in [1.807, 2.05) is 0 Å². The minimum absolute atomic E-state index is 0.0962. The van der Waals surface area contributed by atoms with Gasteiger partial charge in [-0.25, -0.2) is 4.68 Å². The van der Waals surface area contributed by atoms with Gasteiger partial charge in [-0.1, -0.05) is 5.21 Å². The zero-order valence-electron chi connectivity index (χ0n) is 16.9. The average molecular weight is 432 g/mol. The van der Waals surface area contributed by atoms with E-state index >= 15 is 0 Å². The molecule has 0 unspecified atom stereocenters. The third-order valence-electron chi connectivity index (χ3n) is 4.12. The molecule has 0 bridgehead atoms. The minimum atomic E-state index is -4.79. The van der Waals surface area contributed by atoms with Crippen molar-refractivity contribution in [1.82, 2.24) is 19.9 Å². The molecule has 2 aromatic carbocycles. The molecule has 0 radical (unpaired) electrons. The van der Waals surface area contributed by atoms with Crippen molar-refractivity contribution in [3.05, 3.63) is 71.7 Å². The number of benzene rings is 2. The highest BCUT2D eigenvalue weighted by Gasteiger charge is 2.31. The molecule has 0 amide bonds. The lowest BCUT2D eigenvalue weighted by Gasteiger charge is -2.10. The second kappa shape index (κ2) is 8.90. The maximum atomic E-state index is 13.0. The maximum absolute atomic E-state index is 13.0. The lowest BCUT2D eigenvalue weighted by atomic mass is 10.1. The van der Waals surface area contributed by atoms with Crippen molar-refractivity contribution in [1.29, 1.82) is 0 Å². The van der Waals surface area contributed by atoms with Crippen LogP contribution in [0.15, 0.2) is 54.7 Å². The van der Waals surface area contributed by atoms with Crippen LogP contribution < -0.4 is 9.47 Å². The summed E-state index contributed by atoms with van der Waals surface area (Å²) in [5.41, 5.74) is 1.27. The molecule has 0 aliphatic rings. The number of hydrogen-bond donors (Lipinski definition) is 0. The second-order valence-electron chi connectivity index (χ2n) is 6.61. The monoisotopic (exact) mass is 432 g/mol. The number of ether oxygens (including phenoxy) is 2. The van der Waals surface area contributed by atoms with Crippen molar-refractivity contribution in [2.45, 2.75) is 6.36 Å². The predicted molar refractivity (Wildman–Crippen MR) is 107 cm³/mol. The number of carbonyl (C=O) groups excluding carboxylic acids is 1. The molecule has 0 spiro atoms. The number of rotatable bonds is 7. The first-order chi connectivity index (χ1) is 14.7. The van der Waals surface area contributed by atoms with E-state index in [1.165, 1.54) is 23.9 Å². The van der Waals surface area contributed by atoms with E-state index in [1.54, 1.807) is 55.5 Å². The number of alkyl halides is 3. The third-order valence-corrected chi connectivity index (χ3v) is 4.12. The standard InChI is InChI=1S/C21H19F3N4O3/c1-27(2)13-12-18-19(20(29)14-4-8-16(30-3)9-5-14)25-26-28(18)15-6-10-17(11-7-15)31-21(22,23)24/h4-13H,1-3H3/b13-12+. The maximum Gasteiger partial charge on any atom is 0.573 e. The van der Waals surface area contributed by atoms with Gasteiger partial charge in [-0.15, -0.1) is 18.3 Å². The summed E-state index contributed by atoms with van der Waals surface area (Å²) in [6, 6.07) is 11.7. The SMILES string of the molecule is COc1ccc(C(=O)c2nnn(-c3ccc(OC(F)(F)F)cc3)c2/C=C/N(C)C)cc1. The molecule has 1 heterocycles. The number of aromatic nitrogens is 3. The van der Waals surface area contributed by atoms with Crippen molar-refractivity contribution >= 4 is 11.9 Å². The van der Waals surface area contributed by atoms with Crippen molar-refractivity contribution < 1.29 is 27.4 Å². The van der Waals surface area contributed by atoms with Crippen molar-refractivity contribution in [3.63, 3.8) is 0 Å². The molecule has 0 aliphatic carbocycles. The topological polar surface area (TPSA) is 69.5 Å². The Bertz CT molecular complexity index is 1070. The molecule has 0 atom stereocenters. The van der Waals surface area contributed by atoms with Gasteiger partial charge in [0, 0.05) is 25.9 Å². The van der Waals surface area contributed by atoms with Gasteiger partial charge in [0.1, 0.15) is 17.2 Å². The molecular weight excluding hydrogens is 413 g/mol. The van der Waals surface area contributed by atoms with Gasteiger partial charge in [-0.05, 0) is 54.6 Å². The number of nitrogens with zero attached hydrogens (tertiary/aromatic N) is 4. The van der Waals surface area contributed by atoms with E-state index in [-0.39, 0.29) is 17.2 Å². The molecule has 162 valence electrons. The number of ketones is 1. The smallest absolute Gasteiger partial charge is 0.497 e. The predicted octanol–water partition coefficient (Wildman–Crippen LogP) is 3.94. The summed E-state index contributed by atoms with van der Waals surface area (Å²) in [7, 11) is 5.13. The molecule has 1 aromatic heterocycles. The van der Waals surface area contributed by atoms with Gasteiger partial charge in [0.15, 0.2) is 5.69 Å². The van der Waals surface area contributed by atoms with Crippen LogP contribution in [0.25, 0.3) is 11.8 Å². The summed E-state index contributed by atoms with van der Waals surface area (Å²) in [6.45, 7) is 0. The number of carbonyl (C=O) groups is 1. The van der Waals surface area contributed by atoms with E-state index < -0.39 is 6.36 Å². The molecule has 31 heavy (non-hydrogen) atoms. The molecule has 3 rings (SSSR count). The molecule has 3 aromatic rings. The number of methoxy groups -OCH3 is 1. The molecule has 0 aliphatic heterocycles. The van der Waals surface area contributed by atoms with Crippen LogP contribution >= 0.6 is 0 Å². The van der Waals surface area contributed by atoms with Gasteiger partial charge >= 0.3 is 6.36 Å². The number of halogens is 3. The lowest BCUT2D eigenvalue weighted by Crippen LogP contribution is -2.17. The summed E-state index contributed by atoms with van der Waals surface area (Å²) in [6.07, 6.45) is -1.43. The highest BCUT2D eigenvalue weighted by atomic mass is 19.4. The quantitative estimate of drug-likeness (QED) is 0.527. The Labute approximate surface area is 176 Å². The van der Waals surface area contributed by atoms with Gasteiger partial charge < -0.3 is 14.4 Å². The third kappa shape index (κ3) is 5.41. The van der Waals surface area contributed by atoms with Crippen LogP contribution in [0, 0.1) is 0 Å². The Morgan fingerprint density at radius 3 is 2.19 bits per heavy atom. The van der Waals surface area contributed by atoms with Crippen LogP contribution in [-0.4, -0.2) is 53.2 Å². The fraction of sp³-hybridized carbons (Fsp3) is 0.190. The van der Waals surface area contributed by atoms with Gasteiger partial charge in [0.25, 0.3) is 0 Å². The zero-order chi connectivity index (χ0) is 22.6. The van der Waals surface area contributed by atoms with E-state index in [9.17, 15) is 18.0 Å². The Morgan fingerprint density at radius 1 is 1.03 bits per heavy atom. The highest BCUT2D eigenvalue weighted by molar-refractivity contribution is 6.09. The van der Waals surface area contributed by atoms with Crippen LogP contribution in [0.2, 0.25) is 0 Å². The summed E-state index contributed by atoms with van der Waals surface area (Å²) < 4.78 is 47.6. The van der Waals surface area contributed by atoms with Crippen molar-refractivity contribution in [2.75, 3.05) is 21.2 Å². The van der Waals surface area contributed by atoms with Crippen molar-refractivity contribution in [3.8, 4) is 17.2 Å². The van der Waals surface area contributed by atoms with E-state index in [4.69, 9.17) is 4.74 Å². The molecule has 10 heteroatoms. The van der Waals surface area contributed by atoms with E-state index in [2.05, 4.69) is 15.0 Å². The second-order valence-corrected chi connectivity index (χ2v) is 6.61. The van der Waals surface area contributed by atoms with Gasteiger partial charge in [0.05, 0.1) is 12.8 Å². The van der Waals surface area contributed by atoms with Crippen LogP contribution in [0.4, 0.5) is 13.2 Å². The van der Waals surface area contributed by atoms with Crippen LogP contribution in [-0.2, 0) is 0 Å². The summed E-state index contributed by atoms with van der Waals surface area (Å²) in [5.74, 6) is -0.116. The van der Waals surface area contributed by atoms with Gasteiger partial charge in [-0.2, -0.15) is 0 Å². The Balaban J connectivity index is 1.99. The average Bonchev–Trinajstić information content (AvgIpc) is 3.15. The Morgan fingerprint density at radius 2 is 1.65 bits per heavy atom. The first-order valence-corrected chi connectivity index (χ1v) is 9.03. The molecular formula is C21H19F3N4O3. The molecule has 7 nitrogen and oxygen atoms in total. The Hall–Kier alpha value is -3.82. The van der Waals surface area contributed by atoms with Crippen molar-refractivity contribution in [2.24, 2.45) is 0 Å².